The van der Waals surface area contributed by atoms with Gasteiger partial charge in [0.15, 0.2) is 0 Å². The second-order valence-electron chi connectivity index (χ2n) is 4.98. The summed E-state index contributed by atoms with van der Waals surface area (Å²) in [5, 5.41) is 10.7. The predicted octanol–water partition coefficient (Wildman–Crippen LogP) is 1.94. The molecule has 0 unspecified atom stereocenters. The number of aryl methyl sites for hydroxylation is 2. The molecule has 3 aromatic rings. The number of fused-ring (bicyclic) bond motifs is 1. The third kappa shape index (κ3) is 2.24. The predicted molar refractivity (Wildman–Crippen MR) is 86.0 cm³/mol. The van der Waals surface area contributed by atoms with Crippen LogP contribution in [0.5, 0.6) is 0 Å². The van der Waals surface area contributed by atoms with Crippen LogP contribution in [0.15, 0.2) is 23.1 Å². The molecule has 0 amide bonds. The highest BCUT2D eigenvalue weighted by Gasteiger charge is 2.15. The maximum atomic E-state index is 12.7. The number of rotatable bonds is 4. The second kappa shape index (κ2) is 5.59. The van der Waals surface area contributed by atoms with Crippen LogP contribution in [0.2, 0.25) is 0 Å². The number of hydrogen-bond donors (Lipinski definition) is 2. The van der Waals surface area contributed by atoms with Gasteiger partial charge in [-0.05, 0) is 32.9 Å². The third-order valence-electron chi connectivity index (χ3n) is 3.58. The van der Waals surface area contributed by atoms with Crippen LogP contribution in [0.1, 0.15) is 19.5 Å². The standard InChI is InChI=1S/C15H18N6O/c1-4-16-15-18-9(3)10-8-11(12-6-7-17-20-12)14(22)21(5-2)13(10)19-15/h6-8H,4-5H2,1-3H3,(H,17,20)(H,16,18,19). The quantitative estimate of drug-likeness (QED) is 0.768. The molecule has 0 fully saturated rings. The van der Waals surface area contributed by atoms with Gasteiger partial charge in [-0.3, -0.25) is 14.5 Å². The van der Waals surface area contributed by atoms with Gasteiger partial charge in [-0.25, -0.2) is 4.98 Å². The Balaban J connectivity index is 2.36. The Labute approximate surface area is 127 Å². The Hall–Kier alpha value is -2.70. The van der Waals surface area contributed by atoms with Gasteiger partial charge in [0.1, 0.15) is 5.65 Å². The summed E-state index contributed by atoms with van der Waals surface area (Å²) in [5.74, 6) is 0.545. The van der Waals surface area contributed by atoms with Crippen LogP contribution < -0.4 is 10.9 Å². The van der Waals surface area contributed by atoms with Crippen LogP contribution in [0.25, 0.3) is 22.3 Å². The number of nitrogens with one attached hydrogen (secondary N) is 2. The number of anilines is 1. The lowest BCUT2D eigenvalue weighted by molar-refractivity contribution is 0.749. The first-order chi connectivity index (χ1) is 10.7. The Morgan fingerprint density at radius 1 is 1.32 bits per heavy atom. The minimum atomic E-state index is -0.0835. The van der Waals surface area contributed by atoms with Crippen molar-refractivity contribution in [3.63, 3.8) is 0 Å². The van der Waals surface area contributed by atoms with Crippen molar-refractivity contribution in [2.24, 2.45) is 0 Å². The summed E-state index contributed by atoms with van der Waals surface area (Å²) in [5.41, 5.74) is 2.68. The zero-order chi connectivity index (χ0) is 15.7. The molecule has 7 heteroatoms. The van der Waals surface area contributed by atoms with Gasteiger partial charge in [0, 0.05) is 24.7 Å². The SMILES string of the molecule is CCNc1nc(C)c2cc(-c3ccn[nH]3)c(=O)n(CC)c2n1. The molecule has 0 radical (unpaired) electrons. The molecular weight excluding hydrogens is 280 g/mol. The number of aromatic amines is 1. The lowest BCUT2D eigenvalue weighted by atomic mass is 10.1. The first kappa shape index (κ1) is 14.2. The molecule has 3 heterocycles. The van der Waals surface area contributed by atoms with E-state index < -0.39 is 0 Å². The number of hydrogen-bond acceptors (Lipinski definition) is 5. The number of pyridine rings is 1. The maximum absolute atomic E-state index is 12.7. The normalized spacial score (nSPS) is 11.0. The molecule has 22 heavy (non-hydrogen) atoms. The first-order valence-corrected chi connectivity index (χ1v) is 7.31. The van der Waals surface area contributed by atoms with Crippen LogP contribution in [0, 0.1) is 6.92 Å². The van der Waals surface area contributed by atoms with E-state index in [1.807, 2.05) is 26.8 Å². The molecule has 114 valence electrons. The molecule has 0 saturated carbocycles. The Bertz CT molecular complexity index is 866. The van der Waals surface area contributed by atoms with E-state index >= 15 is 0 Å². The lowest BCUT2D eigenvalue weighted by Gasteiger charge is -2.12. The largest absolute Gasteiger partial charge is 0.354 e. The molecule has 0 atom stereocenters. The molecule has 0 aliphatic carbocycles. The van der Waals surface area contributed by atoms with Gasteiger partial charge in [0.05, 0.1) is 17.0 Å². The third-order valence-corrected chi connectivity index (χ3v) is 3.58. The minimum absolute atomic E-state index is 0.0835. The highest BCUT2D eigenvalue weighted by Crippen LogP contribution is 2.21. The average molecular weight is 298 g/mol. The average Bonchev–Trinajstić information content (AvgIpc) is 3.01. The van der Waals surface area contributed by atoms with Gasteiger partial charge in [-0.2, -0.15) is 10.1 Å². The fraction of sp³-hybridized carbons (Fsp3) is 0.333. The van der Waals surface area contributed by atoms with Crippen LogP contribution in [-0.4, -0.2) is 31.3 Å². The number of aromatic nitrogens is 5. The lowest BCUT2D eigenvalue weighted by Crippen LogP contribution is -2.23. The van der Waals surface area contributed by atoms with E-state index in [1.54, 1.807) is 16.8 Å². The minimum Gasteiger partial charge on any atom is -0.354 e. The van der Waals surface area contributed by atoms with Gasteiger partial charge in [0.25, 0.3) is 5.56 Å². The van der Waals surface area contributed by atoms with Crippen LogP contribution >= 0.6 is 0 Å². The summed E-state index contributed by atoms with van der Waals surface area (Å²) >= 11 is 0. The maximum Gasteiger partial charge on any atom is 0.261 e. The molecule has 2 N–H and O–H groups in total. The summed E-state index contributed by atoms with van der Waals surface area (Å²) < 4.78 is 1.67. The molecule has 0 bridgehead atoms. The molecule has 0 aliphatic rings. The van der Waals surface area contributed by atoms with E-state index in [-0.39, 0.29) is 5.56 Å². The zero-order valence-electron chi connectivity index (χ0n) is 12.8. The summed E-state index contributed by atoms with van der Waals surface area (Å²) in [7, 11) is 0. The second-order valence-corrected chi connectivity index (χ2v) is 4.98. The summed E-state index contributed by atoms with van der Waals surface area (Å²) in [6.07, 6.45) is 1.63. The fourth-order valence-electron chi connectivity index (χ4n) is 2.52. The fourth-order valence-corrected chi connectivity index (χ4v) is 2.52. The zero-order valence-corrected chi connectivity index (χ0v) is 12.8. The summed E-state index contributed by atoms with van der Waals surface area (Å²) in [4.78, 5) is 21.7. The highest BCUT2D eigenvalue weighted by molar-refractivity contribution is 5.83. The van der Waals surface area contributed by atoms with Crippen molar-refractivity contribution >= 4 is 17.0 Å². The summed E-state index contributed by atoms with van der Waals surface area (Å²) in [6.45, 7) is 7.11. The monoisotopic (exact) mass is 298 g/mol. The van der Waals surface area contributed by atoms with E-state index in [0.29, 0.717) is 29.4 Å². The van der Waals surface area contributed by atoms with Gasteiger partial charge < -0.3 is 5.32 Å². The molecule has 0 aliphatic heterocycles. The summed E-state index contributed by atoms with van der Waals surface area (Å²) in [6, 6.07) is 3.62. The van der Waals surface area contributed by atoms with E-state index in [2.05, 4.69) is 25.5 Å². The molecule has 0 aromatic carbocycles. The molecule has 7 nitrogen and oxygen atoms in total. The first-order valence-electron chi connectivity index (χ1n) is 7.31. The molecular formula is C15H18N6O. The van der Waals surface area contributed by atoms with E-state index in [1.165, 1.54) is 0 Å². The molecule has 3 rings (SSSR count). The van der Waals surface area contributed by atoms with Crippen molar-refractivity contribution < 1.29 is 0 Å². The molecule has 0 saturated heterocycles. The van der Waals surface area contributed by atoms with Crippen LogP contribution in [-0.2, 0) is 6.54 Å². The van der Waals surface area contributed by atoms with Gasteiger partial charge in [-0.1, -0.05) is 0 Å². The van der Waals surface area contributed by atoms with Crippen molar-refractivity contribution in [2.45, 2.75) is 27.3 Å². The van der Waals surface area contributed by atoms with Gasteiger partial charge in [-0.15, -0.1) is 0 Å². The van der Waals surface area contributed by atoms with Gasteiger partial charge in [0.2, 0.25) is 5.95 Å². The smallest absolute Gasteiger partial charge is 0.261 e. The van der Waals surface area contributed by atoms with Crippen molar-refractivity contribution in [1.29, 1.82) is 0 Å². The number of nitrogens with zero attached hydrogens (tertiary/aromatic N) is 4. The van der Waals surface area contributed by atoms with Crippen LogP contribution in [0.3, 0.4) is 0 Å². The Morgan fingerprint density at radius 3 is 2.77 bits per heavy atom. The van der Waals surface area contributed by atoms with Crippen molar-refractivity contribution in [3.8, 4) is 11.3 Å². The molecule has 0 spiro atoms. The van der Waals surface area contributed by atoms with E-state index in [0.717, 1.165) is 17.6 Å². The van der Waals surface area contributed by atoms with Crippen molar-refractivity contribution in [3.05, 3.63) is 34.4 Å². The van der Waals surface area contributed by atoms with Gasteiger partial charge >= 0.3 is 0 Å². The Kier molecular flexibility index (Phi) is 3.62. The number of H-pyrrole nitrogens is 1. The van der Waals surface area contributed by atoms with Crippen LogP contribution in [0.4, 0.5) is 5.95 Å². The highest BCUT2D eigenvalue weighted by atomic mass is 16.1. The Morgan fingerprint density at radius 2 is 2.14 bits per heavy atom. The van der Waals surface area contributed by atoms with E-state index in [4.69, 9.17) is 0 Å². The molecule has 3 aromatic heterocycles. The van der Waals surface area contributed by atoms with E-state index in [9.17, 15) is 4.79 Å². The topological polar surface area (TPSA) is 88.5 Å². The van der Waals surface area contributed by atoms with Crippen molar-refractivity contribution in [2.75, 3.05) is 11.9 Å². The van der Waals surface area contributed by atoms with Crippen molar-refractivity contribution in [1.82, 2.24) is 24.7 Å².